The predicted octanol–water partition coefficient (Wildman–Crippen LogP) is 2.96. The number of amides is 1. The van der Waals surface area contributed by atoms with Gasteiger partial charge in [0.2, 0.25) is 0 Å². The van der Waals surface area contributed by atoms with Gasteiger partial charge >= 0.3 is 0 Å². The lowest BCUT2D eigenvalue weighted by Gasteiger charge is -2.42. The van der Waals surface area contributed by atoms with Crippen LogP contribution in [-0.2, 0) is 0 Å². The third kappa shape index (κ3) is 3.88. The second kappa shape index (κ2) is 7.43. The molecule has 2 heterocycles. The average molecular weight is 429 g/mol. The minimum absolute atomic E-state index is 0. The zero-order valence-corrected chi connectivity index (χ0v) is 17.0. The summed E-state index contributed by atoms with van der Waals surface area (Å²) < 4.78 is 2.65. The summed E-state index contributed by atoms with van der Waals surface area (Å²) in [6.07, 6.45) is 0.803. The monoisotopic (exact) mass is 427 g/mol. The molecule has 8 heteroatoms. The number of hydrogen-bond donors (Lipinski definition) is 1. The van der Waals surface area contributed by atoms with E-state index in [4.69, 9.17) is 5.73 Å². The summed E-state index contributed by atoms with van der Waals surface area (Å²) in [6, 6.07) is 7.86. The highest BCUT2D eigenvalue weighted by Gasteiger charge is 2.36. The third-order valence-corrected chi connectivity index (χ3v) is 5.24. The first-order chi connectivity index (χ1) is 11.3. The third-order valence-electron chi connectivity index (χ3n) is 4.75. The molecule has 1 aliphatic rings. The molecule has 1 atom stereocenters. The first-order valence-corrected chi connectivity index (χ1v) is 8.82. The van der Waals surface area contributed by atoms with E-state index >= 15 is 0 Å². The molecule has 3 rings (SSSR count). The summed E-state index contributed by atoms with van der Waals surface area (Å²) in [5.74, 6) is -0.0753. The van der Waals surface area contributed by atoms with Crippen molar-refractivity contribution in [1.29, 1.82) is 0 Å². The molecule has 1 aromatic carbocycles. The predicted molar refractivity (Wildman–Crippen MR) is 103 cm³/mol. The van der Waals surface area contributed by atoms with Gasteiger partial charge in [0.25, 0.3) is 5.91 Å². The van der Waals surface area contributed by atoms with Crippen LogP contribution in [0.15, 0.2) is 28.7 Å². The van der Waals surface area contributed by atoms with Gasteiger partial charge in [-0.2, -0.15) is 0 Å². The fraction of sp³-hybridized carbons (Fsp3) is 0.471. The Morgan fingerprint density at radius 3 is 2.76 bits per heavy atom. The molecule has 6 nitrogen and oxygen atoms in total. The van der Waals surface area contributed by atoms with Crippen molar-refractivity contribution in [2.24, 2.45) is 11.1 Å². The molecule has 1 saturated heterocycles. The molecule has 1 unspecified atom stereocenters. The summed E-state index contributed by atoms with van der Waals surface area (Å²) in [7, 11) is 0. The van der Waals surface area contributed by atoms with Crippen LogP contribution in [0.5, 0.6) is 0 Å². The maximum Gasteiger partial charge on any atom is 0.276 e. The lowest BCUT2D eigenvalue weighted by atomic mass is 9.79. The van der Waals surface area contributed by atoms with Crippen LogP contribution in [0.25, 0.3) is 5.69 Å². The van der Waals surface area contributed by atoms with Crippen molar-refractivity contribution in [2.75, 3.05) is 13.1 Å². The van der Waals surface area contributed by atoms with Crippen molar-refractivity contribution < 1.29 is 4.79 Å². The molecule has 0 spiro atoms. The maximum absolute atomic E-state index is 12.9. The van der Waals surface area contributed by atoms with E-state index < -0.39 is 0 Å². The Balaban J connectivity index is 0.00000225. The SMILES string of the molecule is Cc1c(C(=O)N2CCC(N)C(C)(C)C2)nnn1-c1cccc(Br)c1.Cl. The molecule has 1 fully saturated rings. The molecule has 0 bridgehead atoms. The van der Waals surface area contributed by atoms with Gasteiger partial charge in [0.15, 0.2) is 5.69 Å². The summed E-state index contributed by atoms with van der Waals surface area (Å²) in [6.45, 7) is 7.36. The summed E-state index contributed by atoms with van der Waals surface area (Å²) in [5.41, 5.74) is 8.08. The number of nitrogens with two attached hydrogens (primary N) is 1. The van der Waals surface area contributed by atoms with Gasteiger partial charge in [-0.15, -0.1) is 17.5 Å². The van der Waals surface area contributed by atoms with E-state index in [0.717, 1.165) is 22.3 Å². The lowest BCUT2D eigenvalue weighted by molar-refractivity contribution is 0.0526. The smallest absolute Gasteiger partial charge is 0.276 e. The van der Waals surface area contributed by atoms with Crippen LogP contribution in [0.2, 0.25) is 0 Å². The van der Waals surface area contributed by atoms with Crippen LogP contribution in [-0.4, -0.2) is 44.9 Å². The van der Waals surface area contributed by atoms with Crippen molar-refractivity contribution in [3.05, 3.63) is 40.1 Å². The molecule has 2 N–H and O–H groups in total. The highest BCUT2D eigenvalue weighted by atomic mass is 79.9. The highest BCUT2D eigenvalue weighted by Crippen LogP contribution is 2.29. The van der Waals surface area contributed by atoms with E-state index in [1.54, 1.807) is 4.68 Å². The fourth-order valence-electron chi connectivity index (χ4n) is 3.08. The van der Waals surface area contributed by atoms with E-state index in [1.807, 2.05) is 36.1 Å². The van der Waals surface area contributed by atoms with Gasteiger partial charge in [-0.3, -0.25) is 4.79 Å². The molecule has 1 aliphatic heterocycles. The van der Waals surface area contributed by atoms with Crippen molar-refractivity contribution in [3.63, 3.8) is 0 Å². The van der Waals surface area contributed by atoms with Crippen LogP contribution >= 0.6 is 28.3 Å². The Hall–Kier alpha value is -1.44. The van der Waals surface area contributed by atoms with Gasteiger partial charge in [0.1, 0.15) is 0 Å². The Bertz CT molecular complexity index is 776. The van der Waals surface area contributed by atoms with Crippen LogP contribution in [0.1, 0.15) is 36.5 Å². The number of rotatable bonds is 2. The van der Waals surface area contributed by atoms with E-state index in [-0.39, 0.29) is 29.8 Å². The van der Waals surface area contributed by atoms with E-state index in [0.29, 0.717) is 18.8 Å². The second-order valence-electron chi connectivity index (χ2n) is 7.03. The quantitative estimate of drug-likeness (QED) is 0.798. The van der Waals surface area contributed by atoms with Crippen molar-refractivity contribution in [2.45, 2.75) is 33.2 Å². The topological polar surface area (TPSA) is 77.0 Å². The van der Waals surface area contributed by atoms with Gasteiger partial charge < -0.3 is 10.6 Å². The second-order valence-corrected chi connectivity index (χ2v) is 7.94. The number of likely N-dealkylation sites (tertiary alicyclic amines) is 1. The van der Waals surface area contributed by atoms with Crippen molar-refractivity contribution >= 4 is 34.2 Å². The largest absolute Gasteiger partial charge is 0.337 e. The minimum Gasteiger partial charge on any atom is -0.337 e. The molecule has 2 aromatic rings. The highest BCUT2D eigenvalue weighted by molar-refractivity contribution is 9.10. The van der Waals surface area contributed by atoms with Gasteiger partial charge in [-0.1, -0.05) is 41.1 Å². The first kappa shape index (κ1) is 19.9. The molecule has 1 amide bonds. The summed E-state index contributed by atoms with van der Waals surface area (Å²) in [4.78, 5) is 14.7. The number of benzene rings is 1. The fourth-order valence-corrected chi connectivity index (χ4v) is 3.46. The van der Waals surface area contributed by atoms with Crippen LogP contribution < -0.4 is 5.73 Å². The number of carbonyl (C=O) groups excluding carboxylic acids is 1. The first-order valence-electron chi connectivity index (χ1n) is 8.03. The van der Waals surface area contributed by atoms with Gasteiger partial charge in [0, 0.05) is 23.6 Å². The lowest BCUT2D eigenvalue weighted by Crippen LogP contribution is -2.54. The van der Waals surface area contributed by atoms with Crippen LogP contribution in [0.4, 0.5) is 0 Å². The number of aromatic nitrogens is 3. The zero-order chi connectivity index (χ0) is 17.5. The summed E-state index contributed by atoms with van der Waals surface area (Å²) in [5, 5.41) is 8.31. The molecular weight excluding hydrogens is 406 g/mol. The molecule has 0 radical (unpaired) electrons. The molecule has 136 valence electrons. The van der Waals surface area contributed by atoms with Crippen molar-refractivity contribution in [3.8, 4) is 5.69 Å². The van der Waals surface area contributed by atoms with E-state index in [9.17, 15) is 4.79 Å². The summed E-state index contributed by atoms with van der Waals surface area (Å²) >= 11 is 3.45. The van der Waals surface area contributed by atoms with Crippen LogP contribution in [0.3, 0.4) is 0 Å². The maximum atomic E-state index is 12.9. The van der Waals surface area contributed by atoms with Gasteiger partial charge in [-0.25, -0.2) is 4.68 Å². The normalized spacial score (nSPS) is 19.4. The number of carbonyl (C=O) groups is 1. The van der Waals surface area contributed by atoms with Gasteiger partial charge in [-0.05, 0) is 37.0 Å². The molecular formula is C17H23BrClN5O. The number of halogens is 2. The standard InChI is InChI=1S/C17H22BrN5O.ClH/c1-11-15(16(24)22-8-7-14(19)17(2,3)10-22)20-21-23(11)13-6-4-5-12(18)9-13;/h4-6,9,14H,7-8,10,19H2,1-3H3;1H. The number of nitrogens with zero attached hydrogens (tertiary/aromatic N) is 4. The van der Waals surface area contributed by atoms with Gasteiger partial charge in [0.05, 0.1) is 11.4 Å². The van der Waals surface area contributed by atoms with E-state index in [1.165, 1.54) is 0 Å². The molecule has 0 aliphatic carbocycles. The molecule has 25 heavy (non-hydrogen) atoms. The van der Waals surface area contributed by atoms with Crippen molar-refractivity contribution in [1.82, 2.24) is 19.9 Å². The average Bonchev–Trinajstić information content (AvgIpc) is 2.91. The minimum atomic E-state index is -0.0951. The molecule has 0 saturated carbocycles. The zero-order valence-electron chi connectivity index (χ0n) is 14.6. The number of piperidine rings is 1. The Kier molecular flexibility index (Phi) is 5.91. The van der Waals surface area contributed by atoms with Crippen LogP contribution in [0, 0.1) is 12.3 Å². The Morgan fingerprint density at radius 1 is 1.40 bits per heavy atom. The Morgan fingerprint density at radius 2 is 2.12 bits per heavy atom. The molecule has 1 aromatic heterocycles. The Labute approximate surface area is 162 Å². The number of hydrogen-bond acceptors (Lipinski definition) is 4. The van der Waals surface area contributed by atoms with E-state index in [2.05, 4.69) is 40.1 Å².